The molecule has 3 N–H and O–H groups in total. The molecule has 0 saturated carbocycles. The molecule has 1 fully saturated rings. The number of hydrogen-bond donors (Lipinski definition) is 2. The molecular formula is C13H27IN4. The van der Waals surface area contributed by atoms with Crippen LogP contribution in [0, 0.1) is 5.92 Å². The van der Waals surface area contributed by atoms with Gasteiger partial charge in [0.2, 0.25) is 0 Å². The lowest BCUT2D eigenvalue weighted by molar-refractivity contribution is 0.324. The van der Waals surface area contributed by atoms with Crippen LogP contribution in [0.25, 0.3) is 0 Å². The molecule has 1 atom stereocenters. The standard InChI is InChI=1S/C13H26N4.HI/c1-4-6-17-7-5-12(10-17)9-16-13(14)15-8-11(2)3;/h12H,2,4-10H2,1,3H3,(H3,14,15,16);1H. The molecule has 0 aromatic heterocycles. The van der Waals surface area contributed by atoms with Crippen molar-refractivity contribution in [1.29, 1.82) is 0 Å². The molecule has 1 saturated heterocycles. The Morgan fingerprint density at radius 3 is 2.89 bits per heavy atom. The molecule has 4 nitrogen and oxygen atoms in total. The van der Waals surface area contributed by atoms with Gasteiger partial charge in [-0.3, -0.25) is 0 Å². The van der Waals surface area contributed by atoms with Gasteiger partial charge in [-0.1, -0.05) is 19.1 Å². The minimum Gasteiger partial charge on any atom is -0.370 e. The second-order valence-corrected chi connectivity index (χ2v) is 4.99. The third-order valence-electron chi connectivity index (χ3n) is 3.00. The zero-order valence-electron chi connectivity index (χ0n) is 11.6. The third kappa shape index (κ3) is 7.20. The molecule has 0 radical (unpaired) electrons. The van der Waals surface area contributed by atoms with Crippen molar-refractivity contribution in [3.8, 4) is 0 Å². The number of nitrogens with one attached hydrogen (secondary N) is 1. The number of nitrogens with zero attached hydrogens (tertiary/aromatic N) is 2. The lowest BCUT2D eigenvalue weighted by atomic mass is 10.1. The van der Waals surface area contributed by atoms with Gasteiger partial charge in [0.15, 0.2) is 5.96 Å². The van der Waals surface area contributed by atoms with Gasteiger partial charge >= 0.3 is 0 Å². The largest absolute Gasteiger partial charge is 0.370 e. The van der Waals surface area contributed by atoms with E-state index in [1.54, 1.807) is 0 Å². The monoisotopic (exact) mass is 366 g/mol. The first kappa shape index (κ1) is 17.7. The van der Waals surface area contributed by atoms with E-state index in [-0.39, 0.29) is 24.0 Å². The first-order valence-corrected chi connectivity index (χ1v) is 6.52. The summed E-state index contributed by atoms with van der Waals surface area (Å²) in [5, 5.41) is 3.20. The van der Waals surface area contributed by atoms with Crippen molar-refractivity contribution < 1.29 is 0 Å². The van der Waals surface area contributed by atoms with Gasteiger partial charge in [-0.15, -0.1) is 24.0 Å². The predicted octanol–water partition coefficient (Wildman–Crippen LogP) is 1.82. The Morgan fingerprint density at radius 2 is 2.28 bits per heavy atom. The lowest BCUT2D eigenvalue weighted by Gasteiger charge is -2.15. The molecule has 5 heteroatoms. The molecule has 0 bridgehead atoms. The Hall–Kier alpha value is -0.300. The maximum Gasteiger partial charge on any atom is 0.188 e. The molecule has 18 heavy (non-hydrogen) atoms. The van der Waals surface area contributed by atoms with Gasteiger partial charge in [0, 0.05) is 13.1 Å². The number of hydrogen-bond acceptors (Lipinski definition) is 2. The van der Waals surface area contributed by atoms with E-state index < -0.39 is 0 Å². The average Bonchev–Trinajstić information content (AvgIpc) is 2.72. The number of halogens is 1. The van der Waals surface area contributed by atoms with Crippen molar-refractivity contribution in [2.24, 2.45) is 16.6 Å². The fourth-order valence-electron chi connectivity index (χ4n) is 2.12. The zero-order chi connectivity index (χ0) is 12.7. The minimum atomic E-state index is 0. The van der Waals surface area contributed by atoms with E-state index in [0.29, 0.717) is 18.4 Å². The van der Waals surface area contributed by atoms with Crippen LogP contribution in [0.3, 0.4) is 0 Å². The second-order valence-electron chi connectivity index (χ2n) is 4.99. The van der Waals surface area contributed by atoms with Crippen molar-refractivity contribution in [2.75, 3.05) is 32.7 Å². The molecule has 1 rings (SSSR count). The van der Waals surface area contributed by atoms with E-state index in [1.807, 2.05) is 6.92 Å². The van der Waals surface area contributed by atoms with E-state index in [2.05, 4.69) is 28.7 Å². The Morgan fingerprint density at radius 1 is 1.56 bits per heavy atom. The summed E-state index contributed by atoms with van der Waals surface area (Å²) in [6.07, 6.45) is 2.50. The number of rotatable bonds is 6. The van der Waals surface area contributed by atoms with Crippen LogP contribution in [0.15, 0.2) is 17.1 Å². The molecule has 1 aliphatic rings. The molecule has 0 aliphatic carbocycles. The van der Waals surface area contributed by atoms with E-state index in [0.717, 1.165) is 12.1 Å². The topological polar surface area (TPSA) is 53.6 Å². The van der Waals surface area contributed by atoms with Crippen LogP contribution in [0.1, 0.15) is 26.7 Å². The smallest absolute Gasteiger partial charge is 0.188 e. The fraction of sp³-hybridized carbons (Fsp3) is 0.769. The quantitative estimate of drug-likeness (QED) is 0.326. The summed E-state index contributed by atoms with van der Waals surface area (Å²) in [5.74, 6) is 1.25. The van der Waals surface area contributed by atoms with E-state index >= 15 is 0 Å². The van der Waals surface area contributed by atoms with Crippen LogP contribution in [-0.2, 0) is 0 Å². The van der Waals surface area contributed by atoms with Gasteiger partial charge in [0.05, 0.1) is 6.54 Å². The summed E-state index contributed by atoms with van der Waals surface area (Å²) < 4.78 is 0. The van der Waals surface area contributed by atoms with Gasteiger partial charge in [0.25, 0.3) is 0 Å². The number of likely N-dealkylation sites (tertiary alicyclic amines) is 1. The summed E-state index contributed by atoms with van der Waals surface area (Å²) in [5.41, 5.74) is 6.81. The van der Waals surface area contributed by atoms with Crippen LogP contribution in [0.4, 0.5) is 0 Å². The van der Waals surface area contributed by atoms with E-state index in [9.17, 15) is 0 Å². The molecular weight excluding hydrogens is 339 g/mol. The minimum absolute atomic E-state index is 0. The molecule has 106 valence electrons. The third-order valence-corrected chi connectivity index (χ3v) is 3.00. The van der Waals surface area contributed by atoms with Crippen molar-refractivity contribution in [3.05, 3.63) is 12.2 Å². The van der Waals surface area contributed by atoms with E-state index in [4.69, 9.17) is 5.73 Å². The van der Waals surface area contributed by atoms with Crippen molar-refractivity contribution in [3.63, 3.8) is 0 Å². The van der Waals surface area contributed by atoms with Gasteiger partial charge < -0.3 is 16.0 Å². The summed E-state index contributed by atoms with van der Waals surface area (Å²) >= 11 is 0. The van der Waals surface area contributed by atoms with Gasteiger partial charge in [-0.05, 0) is 38.8 Å². The van der Waals surface area contributed by atoms with Crippen LogP contribution < -0.4 is 11.1 Å². The molecule has 1 aliphatic heterocycles. The molecule has 1 unspecified atom stereocenters. The highest BCUT2D eigenvalue weighted by Gasteiger charge is 2.21. The Kier molecular flexibility index (Phi) is 9.45. The molecule has 0 aromatic rings. The van der Waals surface area contributed by atoms with Gasteiger partial charge in [0.1, 0.15) is 0 Å². The highest BCUT2D eigenvalue weighted by atomic mass is 127. The Balaban J connectivity index is 0.00000289. The first-order valence-electron chi connectivity index (χ1n) is 6.52. The van der Waals surface area contributed by atoms with Crippen LogP contribution in [0.5, 0.6) is 0 Å². The number of aliphatic imine (C=N–C) groups is 1. The highest BCUT2D eigenvalue weighted by Crippen LogP contribution is 2.15. The second kappa shape index (κ2) is 9.61. The maximum atomic E-state index is 5.78. The molecule has 1 heterocycles. The fourth-order valence-corrected chi connectivity index (χ4v) is 2.12. The highest BCUT2D eigenvalue weighted by molar-refractivity contribution is 14.0. The molecule has 0 spiro atoms. The normalized spacial score (nSPS) is 20.6. The Bertz CT molecular complexity index is 278. The average molecular weight is 366 g/mol. The predicted molar refractivity (Wildman–Crippen MR) is 89.6 cm³/mol. The summed E-state index contributed by atoms with van der Waals surface area (Å²) in [7, 11) is 0. The first-order chi connectivity index (χ1) is 8.11. The SMILES string of the molecule is C=C(C)CN=C(N)NCC1CCN(CCC)C1.I. The summed E-state index contributed by atoms with van der Waals surface area (Å²) in [6.45, 7) is 13.2. The maximum absolute atomic E-state index is 5.78. The number of nitrogens with two attached hydrogens (primary N) is 1. The number of guanidine groups is 1. The van der Waals surface area contributed by atoms with E-state index in [1.165, 1.54) is 32.5 Å². The summed E-state index contributed by atoms with van der Waals surface area (Å²) in [4.78, 5) is 6.73. The van der Waals surface area contributed by atoms with Crippen LogP contribution >= 0.6 is 24.0 Å². The molecule has 0 amide bonds. The van der Waals surface area contributed by atoms with Crippen molar-refractivity contribution >= 4 is 29.9 Å². The van der Waals surface area contributed by atoms with Crippen molar-refractivity contribution in [1.82, 2.24) is 10.2 Å². The zero-order valence-corrected chi connectivity index (χ0v) is 13.9. The lowest BCUT2D eigenvalue weighted by Crippen LogP contribution is -2.36. The van der Waals surface area contributed by atoms with Gasteiger partial charge in [-0.25, -0.2) is 4.99 Å². The van der Waals surface area contributed by atoms with Crippen LogP contribution in [0.2, 0.25) is 0 Å². The summed E-state index contributed by atoms with van der Waals surface area (Å²) in [6, 6.07) is 0. The van der Waals surface area contributed by atoms with Crippen molar-refractivity contribution in [2.45, 2.75) is 26.7 Å². The van der Waals surface area contributed by atoms with Crippen LogP contribution in [-0.4, -0.2) is 43.6 Å². The molecule has 0 aromatic carbocycles. The Labute approximate surface area is 128 Å². The van der Waals surface area contributed by atoms with Gasteiger partial charge in [-0.2, -0.15) is 0 Å².